The van der Waals surface area contributed by atoms with Crippen LogP contribution in [-0.4, -0.2) is 24.2 Å². The van der Waals surface area contributed by atoms with Crippen molar-refractivity contribution < 1.29 is 18.7 Å². The lowest BCUT2D eigenvalue weighted by atomic mass is 9.88. The quantitative estimate of drug-likeness (QED) is 0.801. The second kappa shape index (κ2) is 4.17. The Morgan fingerprint density at radius 3 is 2.81 bits per heavy atom. The average Bonchev–Trinajstić information content (AvgIpc) is 2.70. The first-order chi connectivity index (χ1) is 7.59. The summed E-state index contributed by atoms with van der Waals surface area (Å²) in [6.45, 7) is 0.646. The fourth-order valence-corrected chi connectivity index (χ4v) is 2.06. The lowest BCUT2D eigenvalue weighted by molar-refractivity contribution is -0.141. The molecule has 0 spiro atoms. The van der Waals surface area contributed by atoms with E-state index in [1.54, 1.807) is 0 Å². The monoisotopic (exact) mass is 227 g/mol. The van der Waals surface area contributed by atoms with Gasteiger partial charge in [0.25, 0.3) is 0 Å². The van der Waals surface area contributed by atoms with Crippen LogP contribution in [0.4, 0.5) is 8.78 Å². The maximum atomic E-state index is 13.5. The van der Waals surface area contributed by atoms with Crippen molar-refractivity contribution in [3.8, 4) is 0 Å². The molecule has 0 bridgehead atoms. The SMILES string of the molecule is O=C(O)C1CNCC1c1cc(F)ccc1F. The van der Waals surface area contributed by atoms with Crippen LogP contribution in [0.5, 0.6) is 0 Å². The second-order valence-electron chi connectivity index (χ2n) is 3.88. The summed E-state index contributed by atoms with van der Waals surface area (Å²) in [6, 6.07) is 3.13. The molecule has 0 amide bonds. The van der Waals surface area contributed by atoms with Crippen molar-refractivity contribution >= 4 is 5.97 Å². The highest BCUT2D eigenvalue weighted by molar-refractivity contribution is 5.72. The van der Waals surface area contributed by atoms with Crippen LogP contribution < -0.4 is 5.32 Å². The van der Waals surface area contributed by atoms with Gasteiger partial charge in [-0.05, 0) is 23.8 Å². The summed E-state index contributed by atoms with van der Waals surface area (Å²) in [5.41, 5.74) is 0.136. The van der Waals surface area contributed by atoms with E-state index in [-0.39, 0.29) is 12.1 Å². The molecule has 1 aliphatic rings. The number of aliphatic carboxylic acids is 1. The van der Waals surface area contributed by atoms with Crippen molar-refractivity contribution in [1.29, 1.82) is 0 Å². The van der Waals surface area contributed by atoms with E-state index in [1.165, 1.54) is 0 Å². The van der Waals surface area contributed by atoms with Crippen molar-refractivity contribution in [2.75, 3.05) is 13.1 Å². The van der Waals surface area contributed by atoms with Crippen LogP contribution in [0, 0.1) is 17.6 Å². The molecule has 1 saturated heterocycles. The Morgan fingerprint density at radius 1 is 1.38 bits per heavy atom. The second-order valence-corrected chi connectivity index (χ2v) is 3.88. The summed E-state index contributed by atoms with van der Waals surface area (Å²) >= 11 is 0. The van der Waals surface area contributed by atoms with Gasteiger partial charge in [0.1, 0.15) is 11.6 Å². The summed E-state index contributed by atoms with van der Waals surface area (Å²) in [4.78, 5) is 10.9. The predicted octanol–water partition coefficient (Wildman–Crippen LogP) is 1.35. The minimum Gasteiger partial charge on any atom is -0.481 e. The first-order valence-corrected chi connectivity index (χ1v) is 4.98. The molecule has 0 saturated carbocycles. The van der Waals surface area contributed by atoms with Gasteiger partial charge in [0, 0.05) is 19.0 Å². The Hall–Kier alpha value is -1.49. The van der Waals surface area contributed by atoms with E-state index in [0.717, 1.165) is 18.2 Å². The highest BCUT2D eigenvalue weighted by Gasteiger charge is 2.35. The van der Waals surface area contributed by atoms with E-state index in [1.807, 2.05) is 0 Å². The van der Waals surface area contributed by atoms with E-state index in [4.69, 9.17) is 5.11 Å². The van der Waals surface area contributed by atoms with Crippen LogP contribution in [0.1, 0.15) is 11.5 Å². The Balaban J connectivity index is 2.35. The zero-order valence-electron chi connectivity index (χ0n) is 8.41. The molecule has 2 atom stereocenters. The minimum atomic E-state index is -0.987. The number of hydrogen-bond acceptors (Lipinski definition) is 2. The number of nitrogens with one attached hydrogen (secondary N) is 1. The molecule has 0 radical (unpaired) electrons. The van der Waals surface area contributed by atoms with Gasteiger partial charge < -0.3 is 10.4 Å². The molecule has 3 nitrogen and oxygen atoms in total. The van der Waals surface area contributed by atoms with Gasteiger partial charge in [-0.3, -0.25) is 4.79 Å². The summed E-state index contributed by atoms with van der Waals surface area (Å²) in [6.07, 6.45) is 0. The number of rotatable bonds is 2. The summed E-state index contributed by atoms with van der Waals surface area (Å²) in [5, 5.41) is 11.8. The van der Waals surface area contributed by atoms with Gasteiger partial charge >= 0.3 is 5.97 Å². The van der Waals surface area contributed by atoms with Crippen molar-refractivity contribution in [3.63, 3.8) is 0 Å². The molecule has 1 heterocycles. The van der Waals surface area contributed by atoms with Gasteiger partial charge in [0.15, 0.2) is 0 Å². The molecule has 5 heteroatoms. The van der Waals surface area contributed by atoms with Gasteiger partial charge in [-0.15, -0.1) is 0 Å². The number of benzene rings is 1. The minimum absolute atomic E-state index is 0.136. The van der Waals surface area contributed by atoms with Gasteiger partial charge in [-0.2, -0.15) is 0 Å². The third kappa shape index (κ3) is 1.90. The Labute approximate surface area is 91.1 Å². The lowest BCUT2D eigenvalue weighted by Crippen LogP contribution is -2.21. The molecule has 2 unspecified atom stereocenters. The van der Waals surface area contributed by atoms with Gasteiger partial charge in [0.05, 0.1) is 5.92 Å². The molecule has 0 aliphatic carbocycles. The van der Waals surface area contributed by atoms with Crippen LogP contribution in [0.25, 0.3) is 0 Å². The molecular formula is C11H11F2NO2. The molecule has 2 N–H and O–H groups in total. The number of hydrogen-bond donors (Lipinski definition) is 2. The van der Waals surface area contributed by atoms with Crippen LogP contribution >= 0.6 is 0 Å². The third-order valence-electron chi connectivity index (χ3n) is 2.89. The maximum Gasteiger partial charge on any atom is 0.308 e. The highest BCUT2D eigenvalue weighted by Crippen LogP contribution is 2.30. The molecule has 2 rings (SSSR count). The highest BCUT2D eigenvalue weighted by atomic mass is 19.1. The summed E-state index contributed by atoms with van der Waals surface area (Å²) in [5.74, 6) is -3.29. The van der Waals surface area contributed by atoms with Crippen LogP contribution in [0.2, 0.25) is 0 Å². The van der Waals surface area contributed by atoms with E-state index in [2.05, 4.69) is 5.32 Å². The van der Waals surface area contributed by atoms with Gasteiger partial charge in [-0.1, -0.05) is 0 Å². The van der Waals surface area contributed by atoms with Crippen LogP contribution in [0.3, 0.4) is 0 Å². The summed E-state index contributed by atoms with van der Waals surface area (Å²) in [7, 11) is 0. The molecular weight excluding hydrogens is 216 g/mol. The molecule has 0 aromatic heterocycles. The molecule has 16 heavy (non-hydrogen) atoms. The van der Waals surface area contributed by atoms with Crippen molar-refractivity contribution in [3.05, 3.63) is 35.4 Å². The smallest absolute Gasteiger partial charge is 0.308 e. The van der Waals surface area contributed by atoms with Crippen molar-refractivity contribution in [2.45, 2.75) is 5.92 Å². The molecule has 1 aromatic carbocycles. The van der Waals surface area contributed by atoms with Crippen molar-refractivity contribution in [1.82, 2.24) is 5.32 Å². The predicted molar refractivity (Wildman–Crippen MR) is 53.1 cm³/mol. The third-order valence-corrected chi connectivity index (χ3v) is 2.89. The van der Waals surface area contributed by atoms with E-state index in [9.17, 15) is 13.6 Å². The van der Waals surface area contributed by atoms with E-state index in [0.29, 0.717) is 6.54 Å². The molecule has 1 aromatic rings. The molecule has 1 fully saturated rings. The Morgan fingerprint density at radius 2 is 2.12 bits per heavy atom. The Kier molecular flexibility index (Phi) is 2.87. The molecule has 86 valence electrons. The maximum absolute atomic E-state index is 13.5. The summed E-state index contributed by atoms with van der Waals surface area (Å²) < 4.78 is 26.5. The normalized spacial score (nSPS) is 24.6. The fourth-order valence-electron chi connectivity index (χ4n) is 2.06. The zero-order chi connectivity index (χ0) is 11.7. The van der Waals surface area contributed by atoms with Crippen molar-refractivity contribution in [2.24, 2.45) is 5.92 Å². The van der Waals surface area contributed by atoms with E-state index >= 15 is 0 Å². The number of carboxylic acids is 1. The van der Waals surface area contributed by atoms with Crippen LogP contribution in [0.15, 0.2) is 18.2 Å². The lowest BCUT2D eigenvalue weighted by Gasteiger charge is -2.15. The number of halogens is 2. The average molecular weight is 227 g/mol. The van der Waals surface area contributed by atoms with Crippen LogP contribution in [-0.2, 0) is 4.79 Å². The topological polar surface area (TPSA) is 49.3 Å². The zero-order valence-corrected chi connectivity index (χ0v) is 8.41. The van der Waals surface area contributed by atoms with Gasteiger partial charge in [-0.25, -0.2) is 8.78 Å². The Bertz CT molecular complexity index is 422. The first-order valence-electron chi connectivity index (χ1n) is 4.98. The first kappa shape index (κ1) is 11.0. The standard InChI is InChI=1S/C11H11F2NO2/c12-6-1-2-10(13)7(3-6)8-4-14-5-9(8)11(15)16/h1-3,8-9,14H,4-5H2,(H,15,16). The van der Waals surface area contributed by atoms with E-state index < -0.39 is 29.4 Å². The number of carbonyl (C=O) groups is 1. The fraction of sp³-hybridized carbons (Fsp3) is 0.364. The largest absolute Gasteiger partial charge is 0.481 e. The number of carboxylic acid groups (broad SMARTS) is 1. The van der Waals surface area contributed by atoms with Gasteiger partial charge in [0.2, 0.25) is 0 Å². The molecule has 1 aliphatic heterocycles.